The second-order valence-corrected chi connectivity index (χ2v) is 3.19. The molecule has 1 unspecified atom stereocenters. The summed E-state index contributed by atoms with van der Waals surface area (Å²) in [5, 5.41) is 0.705. The Labute approximate surface area is 64.1 Å². The minimum absolute atomic E-state index is 0.601. The van der Waals surface area contributed by atoms with Gasteiger partial charge in [0.25, 0.3) is 0 Å². The molecule has 0 saturated carbocycles. The van der Waals surface area contributed by atoms with Crippen LogP contribution < -0.4 is 5.73 Å². The summed E-state index contributed by atoms with van der Waals surface area (Å²) in [7, 11) is 0. The van der Waals surface area contributed by atoms with Crippen molar-refractivity contribution in [2.75, 3.05) is 0 Å². The van der Waals surface area contributed by atoms with Crippen LogP contribution in [0.4, 0.5) is 0 Å². The lowest BCUT2D eigenvalue weighted by atomic mass is 10.1. The molecule has 0 aromatic rings. The van der Waals surface area contributed by atoms with Crippen LogP contribution in [0.3, 0.4) is 0 Å². The molecule has 0 saturated heterocycles. The molecule has 3 heteroatoms. The lowest BCUT2D eigenvalue weighted by Gasteiger charge is -2.17. The van der Waals surface area contributed by atoms with Gasteiger partial charge in [-0.3, -0.25) is 0 Å². The van der Waals surface area contributed by atoms with Gasteiger partial charge in [0.2, 0.25) is 0 Å². The number of hydrogen-bond acceptors (Lipinski definition) is 1. The zero-order valence-electron chi connectivity index (χ0n) is 4.77. The predicted molar refractivity (Wildman–Crippen MR) is 40.5 cm³/mol. The molecule has 1 atom stereocenters. The van der Waals surface area contributed by atoms with Crippen LogP contribution in [0.1, 0.15) is 6.42 Å². The standard InChI is InChI=1S/C6H7Cl2N/c7-5-1-3-6(8,9)4-2-5/h1-3H,4,9H2. The molecule has 1 nitrogen and oxygen atoms in total. The highest BCUT2D eigenvalue weighted by Gasteiger charge is 2.18. The van der Waals surface area contributed by atoms with Crippen molar-refractivity contribution in [3.8, 4) is 0 Å². The molecule has 0 aromatic heterocycles. The molecule has 0 aromatic carbocycles. The van der Waals surface area contributed by atoms with Gasteiger partial charge in [-0.15, -0.1) is 0 Å². The summed E-state index contributed by atoms with van der Waals surface area (Å²) in [5.41, 5.74) is 5.52. The normalized spacial score (nSPS) is 34.3. The van der Waals surface area contributed by atoms with Crippen LogP contribution in [0.25, 0.3) is 0 Å². The minimum Gasteiger partial charge on any atom is -0.309 e. The van der Waals surface area contributed by atoms with Crippen molar-refractivity contribution in [2.24, 2.45) is 5.73 Å². The smallest absolute Gasteiger partial charge is 0.113 e. The van der Waals surface area contributed by atoms with Gasteiger partial charge < -0.3 is 5.73 Å². The van der Waals surface area contributed by atoms with E-state index in [0.717, 1.165) is 0 Å². The van der Waals surface area contributed by atoms with Gasteiger partial charge in [0.1, 0.15) is 5.00 Å². The van der Waals surface area contributed by atoms with Crippen LogP contribution in [0.15, 0.2) is 23.3 Å². The third kappa shape index (κ3) is 2.01. The van der Waals surface area contributed by atoms with Gasteiger partial charge >= 0.3 is 0 Å². The molecular formula is C6H7Cl2N. The maximum atomic E-state index is 5.73. The van der Waals surface area contributed by atoms with Crippen LogP contribution >= 0.6 is 23.2 Å². The average molecular weight is 164 g/mol. The largest absolute Gasteiger partial charge is 0.309 e. The van der Waals surface area contributed by atoms with Crippen molar-refractivity contribution >= 4 is 23.2 Å². The number of nitrogens with two attached hydrogens (primary N) is 1. The van der Waals surface area contributed by atoms with Crippen LogP contribution in [-0.2, 0) is 0 Å². The first-order valence-electron chi connectivity index (χ1n) is 2.63. The van der Waals surface area contributed by atoms with Gasteiger partial charge in [0.05, 0.1) is 0 Å². The highest BCUT2D eigenvalue weighted by atomic mass is 35.5. The maximum Gasteiger partial charge on any atom is 0.113 e. The Morgan fingerprint density at radius 2 is 2.33 bits per heavy atom. The van der Waals surface area contributed by atoms with Gasteiger partial charge in [0.15, 0.2) is 0 Å². The summed E-state index contributed by atoms with van der Waals surface area (Å²) in [6, 6.07) is 0. The van der Waals surface area contributed by atoms with E-state index in [1.54, 1.807) is 18.2 Å². The van der Waals surface area contributed by atoms with E-state index in [2.05, 4.69) is 0 Å². The molecule has 0 radical (unpaired) electrons. The molecule has 50 valence electrons. The van der Waals surface area contributed by atoms with E-state index < -0.39 is 5.00 Å². The van der Waals surface area contributed by atoms with E-state index in [9.17, 15) is 0 Å². The Bertz CT molecular complexity index is 170. The third-order valence-electron chi connectivity index (χ3n) is 1.13. The fourth-order valence-corrected chi connectivity index (χ4v) is 0.888. The summed E-state index contributed by atoms with van der Waals surface area (Å²) in [4.78, 5) is -0.710. The Balaban J connectivity index is 2.70. The van der Waals surface area contributed by atoms with E-state index in [4.69, 9.17) is 28.9 Å². The van der Waals surface area contributed by atoms with E-state index in [0.29, 0.717) is 11.5 Å². The number of allylic oxidation sites excluding steroid dienone is 2. The summed E-state index contributed by atoms with van der Waals surface area (Å²) in [5.74, 6) is 0. The van der Waals surface area contributed by atoms with Gasteiger partial charge in [-0.25, -0.2) is 0 Å². The van der Waals surface area contributed by atoms with E-state index in [1.807, 2.05) is 0 Å². The van der Waals surface area contributed by atoms with Crippen molar-refractivity contribution < 1.29 is 0 Å². The zero-order valence-corrected chi connectivity index (χ0v) is 6.28. The van der Waals surface area contributed by atoms with Crippen LogP contribution in [0, 0.1) is 0 Å². The molecule has 1 aliphatic carbocycles. The lowest BCUT2D eigenvalue weighted by molar-refractivity contribution is 0.741. The highest BCUT2D eigenvalue weighted by Crippen LogP contribution is 2.23. The van der Waals surface area contributed by atoms with Crippen molar-refractivity contribution in [1.82, 2.24) is 0 Å². The van der Waals surface area contributed by atoms with Crippen molar-refractivity contribution in [3.63, 3.8) is 0 Å². The number of halogens is 2. The molecule has 2 N–H and O–H groups in total. The summed E-state index contributed by atoms with van der Waals surface area (Å²) >= 11 is 11.3. The van der Waals surface area contributed by atoms with Crippen molar-refractivity contribution in [2.45, 2.75) is 11.4 Å². The van der Waals surface area contributed by atoms with Gasteiger partial charge in [-0.1, -0.05) is 29.3 Å². The van der Waals surface area contributed by atoms with Gasteiger partial charge in [-0.05, 0) is 12.2 Å². The minimum atomic E-state index is -0.710. The Kier molecular flexibility index (Phi) is 1.85. The number of rotatable bonds is 0. The molecule has 9 heavy (non-hydrogen) atoms. The lowest BCUT2D eigenvalue weighted by Crippen LogP contribution is -2.30. The second kappa shape index (κ2) is 2.33. The monoisotopic (exact) mass is 163 g/mol. The average Bonchev–Trinajstić information content (AvgIpc) is 1.78. The quantitative estimate of drug-likeness (QED) is 0.429. The number of alkyl halides is 1. The van der Waals surface area contributed by atoms with Gasteiger partial charge in [-0.2, -0.15) is 0 Å². The zero-order chi connectivity index (χ0) is 6.91. The second-order valence-electron chi connectivity index (χ2n) is 2.05. The molecule has 0 aliphatic heterocycles. The fourth-order valence-electron chi connectivity index (χ4n) is 0.608. The first-order valence-corrected chi connectivity index (χ1v) is 3.38. The topological polar surface area (TPSA) is 26.0 Å². The Hall–Kier alpha value is 0.0200. The van der Waals surface area contributed by atoms with Crippen LogP contribution in [0.2, 0.25) is 0 Å². The molecular weight excluding hydrogens is 157 g/mol. The summed E-state index contributed by atoms with van der Waals surface area (Å²) in [6.45, 7) is 0. The van der Waals surface area contributed by atoms with Crippen LogP contribution in [0.5, 0.6) is 0 Å². The molecule has 0 amide bonds. The van der Waals surface area contributed by atoms with E-state index in [-0.39, 0.29) is 0 Å². The van der Waals surface area contributed by atoms with Crippen molar-refractivity contribution in [1.29, 1.82) is 0 Å². The Morgan fingerprint density at radius 3 is 2.67 bits per heavy atom. The summed E-state index contributed by atoms with van der Waals surface area (Å²) < 4.78 is 0. The molecule has 0 bridgehead atoms. The summed E-state index contributed by atoms with van der Waals surface area (Å²) in [6.07, 6.45) is 5.80. The maximum absolute atomic E-state index is 5.73. The third-order valence-corrected chi connectivity index (χ3v) is 1.69. The Morgan fingerprint density at radius 1 is 1.67 bits per heavy atom. The molecule has 0 heterocycles. The molecule has 1 aliphatic rings. The van der Waals surface area contributed by atoms with E-state index >= 15 is 0 Å². The molecule has 1 rings (SSSR count). The first-order chi connectivity index (χ1) is 4.10. The van der Waals surface area contributed by atoms with Gasteiger partial charge in [0, 0.05) is 11.5 Å². The molecule has 0 spiro atoms. The van der Waals surface area contributed by atoms with E-state index in [1.165, 1.54) is 0 Å². The number of hydrogen-bond donors (Lipinski definition) is 1. The van der Waals surface area contributed by atoms with Crippen molar-refractivity contribution in [3.05, 3.63) is 23.3 Å². The highest BCUT2D eigenvalue weighted by molar-refractivity contribution is 6.32. The SMILES string of the molecule is NC1(Cl)C=CC(Cl)=CC1. The molecule has 0 fully saturated rings. The van der Waals surface area contributed by atoms with Crippen LogP contribution in [-0.4, -0.2) is 5.00 Å². The fraction of sp³-hybridized carbons (Fsp3) is 0.333. The predicted octanol–water partition coefficient (Wildman–Crippen LogP) is 1.96. The first kappa shape index (κ1) is 7.13.